The van der Waals surface area contributed by atoms with Gasteiger partial charge >= 0.3 is 0 Å². The van der Waals surface area contributed by atoms with Gasteiger partial charge in [0.2, 0.25) is 0 Å². The van der Waals surface area contributed by atoms with Gasteiger partial charge in [-0.3, -0.25) is 0 Å². The van der Waals surface area contributed by atoms with Gasteiger partial charge in [-0.05, 0) is 102 Å². The van der Waals surface area contributed by atoms with Crippen molar-refractivity contribution in [1.29, 1.82) is 0 Å². The van der Waals surface area contributed by atoms with Crippen LogP contribution in [0.4, 0.5) is 0 Å². The van der Waals surface area contributed by atoms with Crippen LogP contribution in [0.15, 0.2) is 204 Å². The predicted molar refractivity (Wildman–Crippen MR) is 258 cm³/mol. The lowest BCUT2D eigenvalue weighted by Gasteiger charge is -2.50. The van der Waals surface area contributed by atoms with Crippen molar-refractivity contribution < 1.29 is 4.74 Å². The Labute approximate surface area is 377 Å². The summed E-state index contributed by atoms with van der Waals surface area (Å²) in [6, 6.07) is 31.4. The molecular formula is C60H53N3O. The number of rotatable bonds is 5. The summed E-state index contributed by atoms with van der Waals surface area (Å²) in [5.74, 6) is 4.40. The molecule has 1 spiro atoms. The number of nitrogens with zero attached hydrogens (tertiary/aromatic N) is 2. The lowest BCUT2D eigenvalue weighted by Crippen LogP contribution is -2.50. The fourth-order valence-electron chi connectivity index (χ4n) is 12.9. The first kappa shape index (κ1) is 38.0. The maximum Gasteiger partial charge on any atom is 0.132 e. The number of hydrogen-bond donors (Lipinski definition) is 1. The van der Waals surface area contributed by atoms with Crippen LogP contribution in [0.25, 0.3) is 11.1 Å². The first-order valence-corrected chi connectivity index (χ1v) is 23.9. The zero-order valence-corrected chi connectivity index (χ0v) is 36.2. The minimum absolute atomic E-state index is 0.0370. The molecule has 64 heavy (non-hydrogen) atoms. The van der Waals surface area contributed by atoms with Crippen LogP contribution in [0.2, 0.25) is 0 Å². The lowest BCUT2D eigenvalue weighted by atomic mass is 9.57. The van der Waals surface area contributed by atoms with Gasteiger partial charge in [0, 0.05) is 46.4 Å². The van der Waals surface area contributed by atoms with E-state index < -0.39 is 0 Å². The van der Waals surface area contributed by atoms with Crippen molar-refractivity contribution in [1.82, 2.24) is 15.3 Å². The van der Waals surface area contributed by atoms with Crippen LogP contribution in [0.5, 0.6) is 5.75 Å². The average Bonchev–Trinajstić information content (AvgIpc) is 3.67. The molecule has 3 heterocycles. The molecule has 1 N–H and O–H groups in total. The molecule has 4 aromatic rings. The molecule has 0 radical (unpaired) electrons. The van der Waals surface area contributed by atoms with E-state index in [-0.39, 0.29) is 35.1 Å². The van der Waals surface area contributed by atoms with Gasteiger partial charge in [0.25, 0.3) is 0 Å². The number of aromatic nitrogens is 2. The zero-order chi connectivity index (χ0) is 42.2. The van der Waals surface area contributed by atoms with Crippen LogP contribution in [0, 0.1) is 17.8 Å². The van der Waals surface area contributed by atoms with E-state index >= 15 is 0 Å². The van der Waals surface area contributed by atoms with Crippen molar-refractivity contribution in [2.24, 2.45) is 17.8 Å². The first-order chi connectivity index (χ1) is 31.7. The quantitative estimate of drug-likeness (QED) is 0.204. The van der Waals surface area contributed by atoms with E-state index in [4.69, 9.17) is 14.7 Å². The molecule has 314 valence electrons. The van der Waals surface area contributed by atoms with Crippen molar-refractivity contribution in [2.75, 3.05) is 0 Å². The highest BCUT2D eigenvalue weighted by Gasteiger charge is 2.59. The molecule has 0 amide bonds. The Balaban J connectivity index is 0.963. The first-order valence-electron chi connectivity index (χ1n) is 23.9. The monoisotopic (exact) mass is 831 g/mol. The normalized spacial score (nSPS) is 30.2. The van der Waals surface area contributed by atoms with Gasteiger partial charge in [0.1, 0.15) is 17.3 Å². The number of allylic oxidation sites excluding steroid dienone is 19. The Hall–Kier alpha value is -6.52. The maximum atomic E-state index is 7.47. The topological polar surface area (TPSA) is 47.0 Å². The molecule has 1 aromatic heterocycles. The van der Waals surface area contributed by atoms with Crippen LogP contribution in [-0.4, -0.2) is 16.0 Å². The highest BCUT2D eigenvalue weighted by atomic mass is 16.5. The largest absolute Gasteiger partial charge is 0.460 e. The van der Waals surface area contributed by atoms with E-state index in [9.17, 15) is 0 Å². The van der Waals surface area contributed by atoms with Gasteiger partial charge in [-0.15, -0.1) is 0 Å². The summed E-state index contributed by atoms with van der Waals surface area (Å²) in [6.07, 6.45) is 43.8. The third kappa shape index (κ3) is 5.94. The van der Waals surface area contributed by atoms with E-state index in [1.165, 1.54) is 55.8 Å². The van der Waals surface area contributed by atoms with Crippen LogP contribution in [-0.2, 0) is 5.41 Å². The lowest BCUT2D eigenvalue weighted by molar-refractivity contribution is 0.249. The van der Waals surface area contributed by atoms with Crippen molar-refractivity contribution in [3.05, 3.63) is 244 Å². The minimum atomic E-state index is -0.378. The van der Waals surface area contributed by atoms with E-state index in [0.29, 0.717) is 11.8 Å². The van der Waals surface area contributed by atoms with Crippen molar-refractivity contribution in [3.8, 4) is 5.75 Å². The fourth-order valence-corrected chi connectivity index (χ4v) is 12.9. The number of ether oxygens (including phenoxy) is 1. The number of nitrogens with one attached hydrogen (secondary N) is 1. The second kappa shape index (κ2) is 15.3. The van der Waals surface area contributed by atoms with Crippen LogP contribution < -0.4 is 10.1 Å². The summed E-state index contributed by atoms with van der Waals surface area (Å²) in [7, 11) is 0. The Bertz CT molecular complexity index is 2950. The Morgan fingerprint density at radius 1 is 0.734 bits per heavy atom. The smallest absolute Gasteiger partial charge is 0.132 e. The molecule has 13 rings (SSSR count). The van der Waals surface area contributed by atoms with E-state index in [1.54, 1.807) is 0 Å². The highest BCUT2D eigenvalue weighted by Crippen LogP contribution is 2.65. The molecule has 7 aliphatic carbocycles. The number of benzene rings is 3. The number of hydrogen-bond acceptors (Lipinski definition) is 4. The van der Waals surface area contributed by atoms with Gasteiger partial charge in [0.15, 0.2) is 0 Å². The summed E-state index contributed by atoms with van der Waals surface area (Å²) in [5.41, 5.74) is 15.3. The molecule has 0 saturated carbocycles. The van der Waals surface area contributed by atoms with Gasteiger partial charge in [0.05, 0.1) is 28.8 Å². The Kier molecular flexibility index (Phi) is 9.10. The highest BCUT2D eigenvalue weighted by molar-refractivity contribution is 5.76. The summed E-state index contributed by atoms with van der Waals surface area (Å²) < 4.78 is 7.47. The molecule has 0 fully saturated rings. The molecule has 8 atom stereocenters. The van der Waals surface area contributed by atoms with Gasteiger partial charge in [-0.1, -0.05) is 164 Å². The van der Waals surface area contributed by atoms with Gasteiger partial charge in [-0.25, -0.2) is 9.97 Å². The Morgan fingerprint density at radius 3 is 2.47 bits per heavy atom. The van der Waals surface area contributed by atoms with E-state index in [2.05, 4.69) is 181 Å². The third-order valence-electron chi connectivity index (χ3n) is 15.9. The summed E-state index contributed by atoms with van der Waals surface area (Å²) >= 11 is 0. The van der Waals surface area contributed by atoms with Crippen LogP contribution in [0.1, 0.15) is 109 Å². The van der Waals surface area contributed by atoms with E-state index in [1.807, 2.05) is 0 Å². The van der Waals surface area contributed by atoms with Crippen molar-refractivity contribution in [3.63, 3.8) is 0 Å². The zero-order valence-electron chi connectivity index (χ0n) is 36.2. The Morgan fingerprint density at radius 2 is 1.61 bits per heavy atom. The molecule has 3 aromatic carbocycles. The minimum Gasteiger partial charge on any atom is -0.460 e. The number of fused-ring (bicyclic) bond motifs is 11. The molecule has 4 heteroatoms. The predicted octanol–water partition coefficient (Wildman–Crippen LogP) is 13.4. The summed E-state index contributed by atoms with van der Waals surface area (Å²) in [4.78, 5) is 10.9. The average molecular weight is 832 g/mol. The van der Waals surface area contributed by atoms with Crippen LogP contribution in [0.3, 0.4) is 0 Å². The second-order valence-corrected chi connectivity index (χ2v) is 19.2. The van der Waals surface area contributed by atoms with Gasteiger partial charge in [-0.2, -0.15) is 0 Å². The van der Waals surface area contributed by atoms with E-state index in [0.717, 1.165) is 80.1 Å². The molecular weight excluding hydrogens is 779 g/mol. The van der Waals surface area contributed by atoms with Crippen LogP contribution >= 0.6 is 0 Å². The molecule has 0 bridgehead atoms. The molecule has 8 unspecified atom stereocenters. The second-order valence-electron chi connectivity index (χ2n) is 19.2. The number of para-hydroxylation sites is 1. The standard InChI is InChI=1S/C60H53N3O/c1-4-16-38(17-5-1)39-28-30-40(31-29-39)53-37-54(63-59(62-53)42-20-8-3-9-21-42)43-32-35-52-47(36-43)56-46(57(61-52)41-18-6-2-7-19-41)33-34-51-58(56)64-55-27-15-14-26-50(55)60(51)48-24-12-10-22-44(48)45-23-11-13-25-49(45)60/h1-6,8,10-18,22-30,33-34,36-37,40,42,44,46,48,56-57,61H,7,9,19-21,31-32,35H2. The molecule has 0 saturated heterocycles. The van der Waals surface area contributed by atoms with Gasteiger partial charge < -0.3 is 10.1 Å². The SMILES string of the molecule is C1=CCCC(C2NC3=C(C=C(c4cc(C5C=CC(c6ccccc6)=CC5)nc(C5CC=CCC5)n4)CC3)C3C4=C(C=CC23)C2(c3ccccc3O4)c3ccccc3C3C=CC=CC32)=C1. The molecule has 9 aliphatic rings. The fraction of sp³-hybridized carbons (Fsp3) is 0.267. The molecule has 2 aliphatic heterocycles. The third-order valence-corrected chi connectivity index (χ3v) is 15.9. The maximum absolute atomic E-state index is 7.47. The van der Waals surface area contributed by atoms with Crippen molar-refractivity contribution >= 4 is 11.1 Å². The van der Waals surface area contributed by atoms with Crippen molar-refractivity contribution in [2.45, 2.75) is 80.6 Å². The summed E-state index contributed by atoms with van der Waals surface area (Å²) in [6.45, 7) is 0. The molecule has 4 nitrogen and oxygen atoms in total. The summed E-state index contributed by atoms with van der Waals surface area (Å²) in [5, 5.41) is 4.20.